The number of amides is 5. The summed E-state index contributed by atoms with van der Waals surface area (Å²) in [5.41, 5.74) is 9.18. The second kappa shape index (κ2) is 17.4. The number of carbonyl (C=O) groups excluding carboxylic acids is 5. The first-order valence-electron chi connectivity index (χ1n) is 21.0. The number of carbonyl (C=O) groups is 5. The quantitative estimate of drug-likeness (QED) is 0.115. The fourth-order valence-electron chi connectivity index (χ4n) is 9.14. The Hall–Kier alpha value is -7.48. The Morgan fingerprint density at radius 2 is 1.62 bits per heavy atom. The van der Waals surface area contributed by atoms with Crippen LogP contribution in [0.5, 0.6) is 0 Å². The van der Waals surface area contributed by atoms with Gasteiger partial charge in [-0.2, -0.15) is 0 Å². The number of halogens is 2. The molecule has 0 radical (unpaired) electrons. The summed E-state index contributed by atoms with van der Waals surface area (Å²) < 4.78 is 35.2. The topological polar surface area (TPSA) is 172 Å². The molecule has 4 aliphatic rings. The molecule has 4 aromatic carbocycles. The van der Waals surface area contributed by atoms with Gasteiger partial charge in [-0.1, -0.05) is 84.1 Å². The van der Waals surface area contributed by atoms with E-state index < -0.39 is 54.9 Å². The van der Waals surface area contributed by atoms with Crippen molar-refractivity contribution >= 4 is 29.7 Å². The number of aromatic nitrogens is 3. The van der Waals surface area contributed by atoms with Crippen LogP contribution in [0, 0.1) is 12.5 Å². The molecule has 4 heterocycles. The molecule has 9 rings (SSSR count). The highest BCUT2D eigenvalue weighted by Crippen LogP contribution is 2.44. The number of nitrogens with zero attached hydrogens (tertiary/aromatic N) is 6. The molecule has 2 saturated heterocycles. The highest BCUT2D eigenvalue weighted by molar-refractivity contribution is 5.95. The van der Waals surface area contributed by atoms with Crippen molar-refractivity contribution in [3.63, 3.8) is 0 Å². The molecule has 326 valence electrons. The minimum absolute atomic E-state index is 0.0158. The summed E-state index contributed by atoms with van der Waals surface area (Å²) in [5, 5.41) is 16.7. The molecular formula is C47H43F2N9O6. The summed E-state index contributed by atoms with van der Waals surface area (Å²) in [5.74, 6) is -5.82. The Balaban J connectivity index is 0.726. The molecule has 0 bridgehead atoms. The number of hydrogen-bond donors (Lipinski definition) is 3. The molecule has 2 fully saturated rings. The Kier molecular flexibility index (Phi) is 11.3. The average molecular weight is 868 g/mol. The molecule has 1 aliphatic carbocycles. The van der Waals surface area contributed by atoms with E-state index in [1.807, 2.05) is 42.5 Å². The number of benzene rings is 4. The zero-order valence-electron chi connectivity index (χ0n) is 34.5. The third kappa shape index (κ3) is 8.50. The van der Waals surface area contributed by atoms with Gasteiger partial charge in [0.25, 0.3) is 17.7 Å². The van der Waals surface area contributed by atoms with Gasteiger partial charge in [-0.3, -0.25) is 28.9 Å². The number of nitrogens with one attached hydrogen (secondary N) is 3. The van der Waals surface area contributed by atoms with E-state index in [2.05, 4.69) is 55.4 Å². The fourth-order valence-corrected chi connectivity index (χ4v) is 9.14. The molecule has 0 spiro atoms. The Labute approximate surface area is 366 Å². The molecule has 3 N–H and O–H groups in total. The lowest BCUT2D eigenvalue weighted by atomic mass is 9.98. The predicted molar refractivity (Wildman–Crippen MR) is 227 cm³/mol. The normalized spacial score (nSPS) is 19.3. The van der Waals surface area contributed by atoms with E-state index in [1.54, 1.807) is 40.0 Å². The smallest absolute Gasteiger partial charge is 0.407 e. The number of hydrogen-bond acceptors (Lipinski definition) is 8. The van der Waals surface area contributed by atoms with E-state index in [1.165, 1.54) is 0 Å². The molecule has 3 aliphatic heterocycles. The van der Waals surface area contributed by atoms with Crippen molar-refractivity contribution in [2.75, 3.05) is 26.2 Å². The number of likely N-dealkylation sites (tertiary alicyclic amines) is 1. The Morgan fingerprint density at radius 1 is 0.906 bits per heavy atom. The van der Waals surface area contributed by atoms with Gasteiger partial charge in [-0.15, -0.1) is 5.10 Å². The van der Waals surface area contributed by atoms with Crippen molar-refractivity contribution in [2.24, 2.45) is 5.92 Å². The van der Waals surface area contributed by atoms with E-state index in [4.69, 9.17) is 11.3 Å². The lowest BCUT2D eigenvalue weighted by Gasteiger charge is -2.20. The van der Waals surface area contributed by atoms with Gasteiger partial charge >= 0.3 is 12.3 Å². The molecule has 0 saturated carbocycles. The van der Waals surface area contributed by atoms with E-state index in [0.717, 1.165) is 49.4 Å². The van der Waals surface area contributed by atoms with Gasteiger partial charge in [-0.25, -0.2) is 24.8 Å². The van der Waals surface area contributed by atoms with E-state index in [-0.39, 0.29) is 50.3 Å². The maximum atomic E-state index is 14.0. The largest absolute Gasteiger partial charge is 0.449 e. The first-order chi connectivity index (χ1) is 30.9. The lowest BCUT2D eigenvalue weighted by Crippen LogP contribution is -2.46. The van der Waals surface area contributed by atoms with Crippen LogP contribution in [0.4, 0.5) is 13.6 Å². The Bertz CT molecular complexity index is 2650. The summed E-state index contributed by atoms with van der Waals surface area (Å²) in [6.07, 6.45) is -0.957. The van der Waals surface area contributed by atoms with Crippen molar-refractivity contribution in [1.82, 2.24) is 40.7 Å². The van der Waals surface area contributed by atoms with Crippen LogP contribution in [0.3, 0.4) is 0 Å². The third-order valence-corrected chi connectivity index (χ3v) is 12.4. The minimum Gasteiger partial charge on any atom is -0.449 e. The van der Waals surface area contributed by atoms with Crippen LogP contribution in [0.1, 0.15) is 63.4 Å². The van der Waals surface area contributed by atoms with Crippen LogP contribution in [0.25, 0.3) is 27.2 Å². The summed E-state index contributed by atoms with van der Waals surface area (Å²) in [6, 6.07) is 27.9. The first kappa shape index (κ1) is 41.9. The SMILES string of the molecule is [C-]#[N+][C@@H]1CC(F)(F)CN1C(=O)[C@@H]1C[C@@H](CC(=O)N2Cc3cccc(Cn4cc(-c5ccc(C(=O)NCCNC(=O)OCC6c7ccccc7-c7ccccc76)cc5)nn4)c3C2)C(=O)N1. The van der Waals surface area contributed by atoms with Crippen LogP contribution in [0.2, 0.25) is 0 Å². The maximum absolute atomic E-state index is 14.0. The zero-order chi connectivity index (χ0) is 44.5. The van der Waals surface area contributed by atoms with Crippen LogP contribution >= 0.6 is 0 Å². The second-order valence-electron chi connectivity index (χ2n) is 16.5. The number of ether oxygens (including phenoxy) is 1. The van der Waals surface area contributed by atoms with Crippen molar-refractivity contribution in [2.45, 2.75) is 62.9 Å². The van der Waals surface area contributed by atoms with Gasteiger partial charge in [0.2, 0.25) is 11.8 Å². The van der Waals surface area contributed by atoms with Crippen molar-refractivity contribution in [3.05, 3.63) is 142 Å². The number of alkyl halides is 2. The van der Waals surface area contributed by atoms with Crippen LogP contribution in [-0.2, 0) is 38.8 Å². The first-order valence-corrected chi connectivity index (χ1v) is 21.0. The monoisotopic (exact) mass is 867 g/mol. The molecule has 17 heteroatoms. The number of rotatable bonds is 12. The van der Waals surface area contributed by atoms with Crippen molar-refractivity contribution < 1.29 is 37.5 Å². The summed E-state index contributed by atoms with van der Waals surface area (Å²) >= 11 is 0. The molecule has 5 aromatic rings. The van der Waals surface area contributed by atoms with Crippen LogP contribution < -0.4 is 16.0 Å². The molecule has 1 aromatic heterocycles. The maximum Gasteiger partial charge on any atom is 0.407 e. The molecule has 3 atom stereocenters. The average Bonchev–Trinajstić information content (AvgIpc) is 4.14. The molecular weight excluding hydrogens is 825 g/mol. The third-order valence-electron chi connectivity index (χ3n) is 12.4. The minimum atomic E-state index is -3.17. The van der Waals surface area contributed by atoms with Gasteiger partial charge < -0.3 is 25.6 Å². The summed E-state index contributed by atoms with van der Waals surface area (Å²) in [6.45, 7) is 7.97. The van der Waals surface area contributed by atoms with Crippen LogP contribution in [-0.4, -0.2) is 98.9 Å². The number of fused-ring (bicyclic) bond motifs is 4. The molecule has 15 nitrogen and oxygen atoms in total. The fraction of sp³-hybridized carbons (Fsp3) is 0.319. The van der Waals surface area contributed by atoms with E-state index >= 15 is 0 Å². The van der Waals surface area contributed by atoms with Gasteiger partial charge in [0.05, 0.1) is 19.3 Å². The predicted octanol–water partition coefficient (Wildman–Crippen LogP) is 5.11. The van der Waals surface area contributed by atoms with Gasteiger partial charge in [0, 0.05) is 55.6 Å². The standard InChI is InChI=1S/C47H43F2N9O6/c1-50-41-21-47(48,49)27-58(41)45(62)39-19-32(44(61)53-39)20-42(59)56-22-30-7-6-8-31(37(30)24-56)23-57-25-40(54-55-57)28-13-15-29(16-14-28)43(60)51-17-18-52-46(63)64-26-38-35-11-4-2-9-33(35)34-10-3-5-12-36(34)38/h2-16,25,32,38-39,41H,17-24,26-27H2,(H,51,60)(H,52,63)(H,53,61)/t32-,39-,41-/m0/s1. The van der Waals surface area contributed by atoms with E-state index in [0.29, 0.717) is 30.9 Å². The number of alkyl carbamates (subject to hydrolysis) is 1. The Morgan fingerprint density at radius 3 is 2.36 bits per heavy atom. The van der Waals surface area contributed by atoms with Crippen LogP contribution in [0.15, 0.2) is 97.2 Å². The summed E-state index contributed by atoms with van der Waals surface area (Å²) in [4.78, 5) is 70.4. The highest BCUT2D eigenvalue weighted by atomic mass is 19.3. The zero-order valence-corrected chi connectivity index (χ0v) is 34.5. The van der Waals surface area contributed by atoms with E-state index in [9.17, 15) is 32.8 Å². The van der Waals surface area contributed by atoms with Crippen molar-refractivity contribution in [3.8, 4) is 22.4 Å². The molecule has 5 amide bonds. The second-order valence-corrected chi connectivity index (χ2v) is 16.5. The van der Waals surface area contributed by atoms with Gasteiger partial charge in [0.15, 0.2) is 0 Å². The van der Waals surface area contributed by atoms with Gasteiger partial charge in [0.1, 0.15) is 24.8 Å². The van der Waals surface area contributed by atoms with Gasteiger partial charge in [-0.05, 0) is 57.5 Å². The molecule has 0 unspecified atom stereocenters. The van der Waals surface area contributed by atoms with Crippen molar-refractivity contribution in [1.29, 1.82) is 0 Å². The lowest BCUT2D eigenvalue weighted by molar-refractivity contribution is -0.135. The summed E-state index contributed by atoms with van der Waals surface area (Å²) in [7, 11) is 0. The molecule has 64 heavy (non-hydrogen) atoms. The highest BCUT2D eigenvalue weighted by Gasteiger charge is 2.53.